The molecule has 1 aliphatic rings. The standard InChI is InChI=1S/C14H18O3/c1-9-12(16-2)8-7-11(14(9)17-3)13(15)10-5-4-6-10/h7-8,10H,4-6H2,1-3H3. The van der Waals surface area contributed by atoms with Gasteiger partial charge < -0.3 is 9.47 Å². The Bertz CT molecular complexity index is 433. The van der Waals surface area contributed by atoms with Crippen LogP contribution < -0.4 is 9.47 Å². The van der Waals surface area contributed by atoms with Crippen LogP contribution >= 0.6 is 0 Å². The average molecular weight is 234 g/mol. The molecule has 1 aliphatic carbocycles. The van der Waals surface area contributed by atoms with E-state index in [1.165, 1.54) is 0 Å². The van der Waals surface area contributed by atoms with E-state index in [1.807, 2.05) is 19.1 Å². The zero-order valence-electron chi connectivity index (χ0n) is 10.6. The molecule has 2 rings (SSSR count). The highest BCUT2D eigenvalue weighted by Gasteiger charge is 2.29. The summed E-state index contributed by atoms with van der Waals surface area (Å²) >= 11 is 0. The maximum atomic E-state index is 12.2. The van der Waals surface area contributed by atoms with E-state index in [-0.39, 0.29) is 11.7 Å². The van der Waals surface area contributed by atoms with Crippen molar-refractivity contribution in [2.75, 3.05) is 14.2 Å². The summed E-state index contributed by atoms with van der Waals surface area (Å²) in [5.41, 5.74) is 1.58. The lowest BCUT2D eigenvalue weighted by Gasteiger charge is -2.25. The molecule has 0 bridgehead atoms. The van der Waals surface area contributed by atoms with E-state index in [0.717, 1.165) is 30.6 Å². The fourth-order valence-corrected chi connectivity index (χ4v) is 2.24. The first-order chi connectivity index (χ1) is 8.19. The number of ketones is 1. The van der Waals surface area contributed by atoms with Crippen LogP contribution in [0.1, 0.15) is 35.2 Å². The van der Waals surface area contributed by atoms with Crippen LogP contribution in [0.4, 0.5) is 0 Å². The fraction of sp³-hybridized carbons (Fsp3) is 0.500. The Morgan fingerprint density at radius 2 is 1.94 bits per heavy atom. The van der Waals surface area contributed by atoms with Crippen molar-refractivity contribution in [3.8, 4) is 11.5 Å². The number of hydrogen-bond donors (Lipinski definition) is 0. The lowest BCUT2D eigenvalue weighted by Crippen LogP contribution is -2.22. The minimum atomic E-state index is 0.191. The van der Waals surface area contributed by atoms with Crippen LogP contribution in [0.2, 0.25) is 0 Å². The Balaban J connectivity index is 2.39. The van der Waals surface area contributed by atoms with E-state index in [2.05, 4.69) is 0 Å². The number of rotatable bonds is 4. The Morgan fingerprint density at radius 3 is 2.41 bits per heavy atom. The summed E-state index contributed by atoms with van der Waals surface area (Å²) in [6, 6.07) is 3.65. The molecule has 0 saturated heterocycles. The quantitative estimate of drug-likeness (QED) is 0.751. The molecular weight excluding hydrogens is 216 g/mol. The normalized spacial score (nSPS) is 15.2. The van der Waals surface area contributed by atoms with E-state index >= 15 is 0 Å². The molecule has 0 aliphatic heterocycles. The number of ether oxygens (including phenoxy) is 2. The van der Waals surface area contributed by atoms with Gasteiger partial charge in [0, 0.05) is 11.5 Å². The molecule has 0 heterocycles. The van der Waals surface area contributed by atoms with Crippen molar-refractivity contribution in [1.82, 2.24) is 0 Å². The van der Waals surface area contributed by atoms with Crippen molar-refractivity contribution >= 4 is 5.78 Å². The molecule has 17 heavy (non-hydrogen) atoms. The van der Waals surface area contributed by atoms with Crippen molar-refractivity contribution in [1.29, 1.82) is 0 Å². The summed E-state index contributed by atoms with van der Waals surface area (Å²) in [6.45, 7) is 1.91. The number of carbonyl (C=O) groups is 1. The van der Waals surface area contributed by atoms with Crippen LogP contribution in [-0.2, 0) is 0 Å². The van der Waals surface area contributed by atoms with Crippen LogP contribution in [0.25, 0.3) is 0 Å². The van der Waals surface area contributed by atoms with Gasteiger partial charge in [0.25, 0.3) is 0 Å². The zero-order chi connectivity index (χ0) is 12.4. The number of methoxy groups -OCH3 is 2. The molecule has 0 spiro atoms. The first-order valence-electron chi connectivity index (χ1n) is 5.94. The Kier molecular flexibility index (Phi) is 3.36. The second-order valence-corrected chi connectivity index (χ2v) is 4.47. The van der Waals surface area contributed by atoms with Crippen LogP contribution in [0, 0.1) is 12.8 Å². The second-order valence-electron chi connectivity index (χ2n) is 4.47. The van der Waals surface area contributed by atoms with Gasteiger partial charge in [-0.2, -0.15) is 0 Å². The van der Waals surface area contributed by atoms with Gasteiger partial charge in [0.15, 0.2) is 5.78 Å². The van der Waals surface area contributed by atoms with Gasteiger partial charge >= 0.3 is 0 Å². The third-order valence-corrected chi connectivity index (χ3v) is 3.52. The van der Waals surface area contributed by atoms with Crippen molar-refractivity contribution < 1.29 is 14.3 Å². The molecule has 0 radical (unpaired) electrons. The van der Waals surface area contributed by atoms with Crippen molar-refractivity contribution in [3.05, 3.63) is 23.3 Å². The Morgan fingerprint density at radius 1 is 1.24 bits per heavy atom. The molecular formula is C14H18O3. The summed E-state index contributed by atoms with van der Waals surface area (Å²) < 4.78 is 10.6. The van der Waals surface area contributed by atoms with E-state index < -0.39 is 0 Å². The summed E-state index contributed by atoms with van der Waals surface area (Å²) in [6.07, 6.45) is 3.17. The van der Waals surface area contributed by atoms with E-state index in [9.17, 15) is 4.79 Å². The minimum absolute atomic E-state index is 0.191. The SMILES string of the molecule is COc1ccc(C(=O)C2CCC2)c(OC)c1C. The van der Waals surface area contributed by atoms with E-state index in [1.54, 1.807) is 14.2 Å². The topological polar surface area (TPSA) is 35.5 Å². The van der Waals surface area contributed by atoms with Gasteiger partial charge in [0.05, 0.1) is 19.8 Å². The van der Waals surface area contributed by atoms with Gasteiger partial charge in [-0.1, -0.05) is 6.42 Å². The van der Waals surface area contributed by atoms with Gasteiger partial charge in [-0.05, 0) is 31.9 Å². The average Bonchev–Trinajstić information content (AvgIpc) is 2.26. The summed E-state index contributed by atoms with van der Waals surface area (Å²) in [5, 5.41) is 0. The third kappa shape index (κ3) is 2.02. The molecule has 0 atom stereocenters. The highest BCUT2D eigenvalue weighted by atomic mass is 16.5. The fourth-order valence-electron chi connectivity index (χ4n) is 2.24. The molecule has 0 N–H and O–H groups in total. The lowest BCUT2D eigenvalue weighted by atomic mass is 9.79. The third-order valence-electron chi connectivity index (χ3n) is 3.52. The number of hydrogen-bond acceptors (Lipinski definition) is 3. The molecule has 3 nitrogen and oxygen atoms in total. The van der Waals surface area contributed by atoms with Gasteiger partial charge in [-0.15, -0.1) is 0 Å². The highest BCUT2D eigenvalue weighted by Crippen LogP contribution is 2.36. The van der Waals surface area contributed by atoms with Gasteiger partial charge in [0.2, 0.25) is 0 Å². The smallest absolute Gasteiger partial charge is 0.169 e. The molecule has 1 fully saturated rings. The number of benzene rings is 1. The minimum Gasteiger partial charge on any atom is -0.496 e. The van der Waals surface area contributed by atoms with Crippen LogP contribution in [0.15, 0.2) is 12.1 Å². The first-order valence-corrected chi connectivity index (χ1v) is 5.94. The largest absolute Gasteiger partial charge is 0.496 e. The molecule has 1 saturated carbocycles. The van der Waals surface area contributed by atoms with Gasteiger partial charge in [-0.25, -0.2) is 0 Å². The number of Topliss-reactive ketones (excluding diaryl/α,β-unsaturated/α-hetero) is 1. The van der Waals surface area contributed by atoms with E-state index in [4.69, 9.17) is 9.47 Å². The molecule has 3 heteroatoms. The van der Waals surface area contributed by atoms with Gasteiger partial charge in [-0.3, -0.25) is 4.79 Å². The summed E-state index contributed by atoms with van der Waals surface area (Å²) in [5.74, 6) is 1.81. The first kappa shape index (κ1) is 12.0. The van der Waals surface area contributed by atoms with Crippen molar-refractivity contribution in [3.63, 3.8) is 0 Å². The monoisotopic (exact) mass is 234 g/mol. The van der Waals surface area contributed by atoms with E-state index in [0.29, 0.717) is 11.3 Å². The number of carbonyl (C=O) groups excluding carboxylic acids is 1. The van der Waals surface area contributed by atoms with Crippen molar-refractivity contribution in [2.24, 2.45) is 5.92 Å². The highest BCUT2D eigenvalue weighted by molar-refractivity contribution is 6.01. The van der Waals surface area contributed by atoms with Crippen molar-refractivity contribution in [2.45, 2.75) is 26.2 Å². The van der Waals surface area contributed by atoms with Crippen LogP contribution in [0.5, 0.6) is 11.5 Å². The molecule has 1 aromatic carbocycles. The lowest BCUT2D eigenvalue weighted by molar-refractivity contribution is 0.0852. The van der Waals surface area contributed by atoms with Crippen LogP contribution in [0.3, 0.4) is 0 Å². The summed E-state index contributed by atoms with van der Waals surface area (Å²) in [4.78, 5) is 12.2. The predicted octanol–water partition coefficient (Wildman–Crippen LogP) is 3.00. The molecule has 0 amide bonds. The molecule has 0 aromatic heterocycles. The molecule has 1 aromatic rings. The van der Waals surface area contributed by atoms with Gasteiger partial charge in [0.1, 0.15) is 11.5 Å². The molecule has 92 valence electrons. The predicted molar refractivity (Wildman–Crippen MR) is 66.0 cm³/mol. The Hall–Kier alpha value is -1.51. The summed E-state index contributed by atoms with van der Waals surface area (Å²) in [7, 11) is 3.22. The van der Waals surface area contributed by atoms with Crippen LogP contribution in [-0.4, -0.2) is 20.0 Å². The maximum absolute atomic E-state index is 12.2. The second kappa shape index (κ2) is 4.78. The molecule has 0 unspecified atom stereocenters. The maximum Gasteiger partial charge on any atom is 0.169 e. The zero-order valence-corrected chi connectivity index (χ0v) is 10.6. The Labute approximate surface area is 102 Å².